The molecular formula is C27H29BrClN3O4S. The summed E-state index contributed by atoms with van der Waals surface area (Å²) in [7, 11) is -4.12. The van der Waals surface area contributed by atoms with E-state index in [1.165, 1.54) is 17.0 Å². The first-order valence-electron chi connectivity index (χ1n) is 11.7. The van der Waals surface area contributed by atoms with Gasteiger partial charge in [-0.3, -0.25) is 13.9 Å². The Morgan fingerprint density at radius 3 is 2.27 bits per heavy atom. The fourth-order valence-corrected chi connectivity index (χ4v) is 5.81. The molecule has 0 radical (unpaired) electrons. The van der Waals surface area contributed by atoms with Crippen LogP contribution in [0.2, 0.25) is 5.02 Å². The molecule has 0 aliphatic carbocycles. The fraction of sp³-hybridized carbons (Fsp3) is 0.259. The summed E-state index contributed by atoms with van der Waals surface area (Å²) in [5, 5.41) is 3.20. The quantitative estimate of drug-likeness (QED) is 0.346. The van der Waals surface area contributed by atoms with Crippen LogP contribution in [0.3, 0.4) is 0 Å². The van der Waals surface area contributed by atoms with Gasteiger partial charge in [-0.15, -0.1) is 0 Å². The monoisotopic (exact) mass is 605 g/mol. The number of hydrogen-bond acceptors (Lipinski definition) is 4. The third-order valence-electron chi connectivity index (χ3n) is 5.82. The Morgan fingerprint density at radius 2 is 1.68 bits per heavy atom. The number of nitrogens with zero attached hydrogens (tertiary/aromatic N) is 2. The fourth-order valence-electron chi connectivity index (χ4n) is 3.82. The van der Waals surface area contributed by atoms with Crippen LogP contribution >= 0.6 is 27.5 Å². The highest BCUT2D eigenvalue weighted by Gasteiger charge is 2.33. The van der Waals surface area contributed by atoms with E-state index in [0.29, 0.717) is 22.8 Å². The van der Waals surface area contributed by atoms with Crippen molar-refractivity contribution >= 4 is 55.1 Å². The Hall–Kier alpha value is -2.88. The molecule has 0 bridgehead atoms. The lowest BCUT2D eigenvalue weighted by Crippen LogP contribution is -2.51. The van der Waals surface area contributed by atoms with E-state index >= 15 is 0 Å². The molecule has 196 valence electrons. The van der Waals surface area contributed by atoms with Gasteiger partial charge in [0.25, 0.3) is 10.0 Å². The molecule has 0 heterocycles. The van der Waals surface area contributed by atoms with Crippen molar-refractivity contribution in [1.29, 1.82) is 0 Å². The summed E-state index contributed by atoms with van der Waals surface area (Å²) in [5.74, 6) is -0.844. The smallest absolute Gasteiger partial charge is 0.264 e. The second kappa shape index (κ2) is 12.6. The number of aryl methyl sites for hydroxylation is 1. The Morgan fingerprint density at radius 1 is 1.03 bits per heavy atom. The Balaban J connectivity index is 2.04. The molecule has 1 N–H and O–H groups in total. The minimum absolute atomic E-state index is 0.0494. The summed E-state index contributed by atoms with van der Waals surface area (Å²) < 4.78 is 29.5. The van der Waals surface area contributed by atoms with Gasteiger partial charge >= 0.3 is 0 Å². The number of carbonyl (C=O) groups excluding carboxylic acids is 2. The van der Waals surface area contributed by atoms with Gasteiger partial charge in [-0.1, -0.05) is 57.9 Å². The molecular weight excluding hydrogens is 578 g/mol. The van der Waals surface area contributed by atoms with Crippen molar-refractivity contribution in [3.63, 3.8) is 0 Å². The predicted molar refractivity (Wildman–Crippen MR) is 150 cm³/mol. The van der Waals surface area contributed by atoms with Gasteiger partial charge < -0.3 is 10.2 Å². The van der Waals surface area contributed by atoms with Gasteiger partial charge in [0.2, 0.25) is 11.8 Å². The third kappa shape index (κ3) is 7.12. The van der Waals surface area contributed by atoms with Gasteiger partial charge in [0.1, 0.15) is 12.6 Å². The molecule has 1 atom stereocenters. The topological polar surface area (TPSA) is 86.8 Å². The van der Waals surface area contributed by atoms with E-state index < -0.39 is 28.5 Å². The molecule has 0 saturated heterocycles. The SMILES string of the molecule is CCNC(=O)[C@H](C)N(Cc1ccc(Br)cc1)C(=O)CN(c1ccc(Cl)cc1C)S(=O)(=O)c1ccccc1. The molecule has 0 fully saturated rings. The maximum Gasteiger partial charge on any atom is 0.264 e. The normalized spacial score (nSPS) is 12.0. The lowest BCUT2D eigenvalue weighted by Gasteiger charge is -2.32. The number of nitrogens with one attached hydrogen (secondary N) is 1. The zero-order valence-corrected chi connectivity index (χ0v) is 24.0. The minimum Gasteiger partial charge on any atom is -0.355 e. The highest BCUT2D eigenvalue weighted by Crippen LogP contribution is 2.29. The Bertz CT molecular complexity index is 1350. The van der Waals surface area contributed by atoms with Crippen LogP contribution in [-0.4, -0.2) is 44.3 Å². The molecule has 10 heteroatoms. The van der Waals surface area contributed by atoms with Gasteiger partial charge in [0, 0.05) is 22.6 Å². The van der Waals surface area contributed by atoms with Crippen LogP contribution in [0.5, 0.6) is 0 Å². The van der Waals surface area contributed by atoms with E-state index in [9.17, 15) is 18.0 Å². The summed E-state index contributed by atoms with van der Waals surface area (Å²) in [4.78, 5) is 28.0. The van der Waals surface area contributed by atoms with E-state index in [0.717, 1.165) is 14.3 Å². The number of sulfonamides is 1. The van der Waals surface area contributed by atoms with Crippen molar-refractivity contribution < 1.29 is 18.0 Å². The van der Waals surface area contributed by atoms with Crippen molar-refractivity contribution in [3.05, 3.63) is 93.4 Å². The standard InChI is InChI=1S/C27H29BrClN3O4S/c1-4-30-27(34)20(3)31(17-21-10-12-22(28)13-11-21)26(33)18-32(25-15-14-23(29)16-19(25)2)37(35,36)24-8-6-5-7-9-24/h5-16,20H,4,17-18H2,1-3H3,(H,30,34)/t20-/m0/s1. The van der Waals surface area contributed by atoms with Crippen LogP contribution in [0, 0.1) is 6.92 Å². The average molecular weight is 607 g/mol. The molecule has 0 saturated carbocycles. The lowest BCUT2D eigenvalue weighted by molar-refractivity contribution is -0.139. The highest BCUT2D eigenvalue weighted by atomic mass is 79.9. The van der Waals surface area contributed by atoms with Gasteiger partial charge in [-0.05, 0) is 74.4 Å². The summed E-state index contributed by atoms with van der Waals surface area (Å²) in [6.07, 6.45) is 0. The zero-order valence-electron chi connectivity index (χ0n) is 20.8. The third-order valence-corrected chi connectivity index (χ3v) is 8.36. The van der Waals surface area contributed by atoms with Crippen LogP contribution in [0.15, 0.2) is 82.2 Å². The zero-order chi connectivity index (χ0) is 27.2. The number of rotatable bonds is 10. The van der Waals surface area contributed by atoms with Crippen LogP contribution in [-0.2, 0) is 26.2 Å². The van der Waals surface area contributed by atoms with Crippen molar-refractivity contribution in [3.8, 4) is 0 Å². The predicted octanol–water partition coefficient (Wildman–Crippen LogP) is 5.16. The van der Waals surface area contributed by atoms with Crippen molar-refractivity contribution in [1.82, 2.24) is 10.2 Å². The van der Waals surface area contributed by atoms with E-state index in [2.05, 4.69) is 21.2 Å². The second-order valence-corrected chi connectivity index (χ2v) is 11.7. The van der Waals surface area contributed by atoms with E-state index in [1.807, 2.05) is 24.3 Å². The molecule has 0 spiro atoms. The highest BCUT2D eigenvalue weighted by molar-refractivity contribution is 9.10. The largest absolute Gasteiger partial charge is 0.355 e. The van der Waals surface area contributed by atoms with E-state index in [-0.39, 0.29) is 17.3 Å². The summed E-state index contributed by atoms with van der Waals surface area (Å²) in [5.41, 5.74) is 1.72. The molecule has 2 amide bonds. The number of anilines is 1. The molecule has 0 aromatic heterocycles. The van der Waals surface area contributed by atoms with Crippen LogP contribution in [0.4, 0.5) is 5.69 Å². The van der Waals surface area contributed by atoms with Crippen LogP contribution < -0.4 is 9.62 Å². The van der Waals surface area contributed by atoms with E-state index in [4.69, 9.17) is 11.6 Å². The first-order valence-corrected chi connectivity index (χ1v) is 14.3. The molecule has 3 aromatic rings. The maximum atomic E-state index is 13.8. The molecule has 3 rings (SSSR count). The Kier molecular flexibility index (Phi) is 9.75. The molecule has 0 unspecified atom stereocenters. The first kappa shape index (κ1) is 28.7. The van der Waals surface area contributed by atoms with Crippen LogP contribution in [0.25, 0.3) is 0 Å². The molecule has 37 heavy (non-hydrogen) atoms. The van der Waals surface area contributed by atoms with Gasteiger partial charge in [-0.25, -0.2) is 8.42 Å². The number of benzene rings is 3. The number of halogens is 2. The number of hydrogen-bond donors (Lipinski definition) is 1. The Labute approximate surface area is 231 Å². The first-order chi connectivity index (χ1) is 17.5. The summed E-state index contributed by atoms with van der Waals surface area (Å²) in [6.45, 7) is 5.19. The second-order valence-electron chi connectivity index (χ2n) is 8.47. The number of carbonyl (C=O) groups is 2. The summed E-state index contributed by atoms with van der Waals surface area (Å²) in [6, 6.07) is 19.3. The van der Waals surface area contributed by atoms with Crippen molar-refractivity contribution in [2.24, 2.45) is 0 Å². The van der Waals surface area contributed by atoms with E-state index in [1.54, 1.807) is 57.2 Å². The number of likely N-dealkylation sites (N-methyl/N-ethyl adjacent to an activating group) is 1. The lowest BCUT2D eigenvalue weighted by atomic mass is 10.1. The van der Waals surface area contributed by atoms with Gasteiger partial charge in [0.15, 0.2) is 0 Å². The molecule has 0 aliphatic rings. The summed E-state index contributed by atoms with van der Waals surface area (Å²) >= 11 is 9.53. The molecule has 7 nitrogen and oxygen atoms in total. The van der Waals surface area contributed by atoms with Gasteiger partial charge in [0.05, 0.1) is 10.6 Å². The molecule has 0 aliphatic heterocycles. The van der Waals surface area contributed by atoms with Crippen molar-refractivity contribution in [2.45, 2.75) is 38.3 Å². The van der Waals surface area contributed by atoms with Gasteiger partial charge in [-0.2, -0.15) is 0 Å². The maximum absolute atomic E-state index is 13.8. The minimum atomic E-state index is -4.12. The average Bonchev–Trinajstić information content (AvgIpc) is 2.87. The number of amides is 2. The molecule has 3 aromatic carbocycles. The van der Waals surface area contributed by atoms with Crippen molar-refractivity contribution in [2.75, 3.05) is 17.4 Å². The van der Waals surface area contributed by atoms with Crippen LogP contribution in [0.1, 0.15) is 25.0 Å².